The Bertz CT molecular complexity index is 1020. The summed E-state index contributed by atoms with van der Waals surface area (Å²) in [4.78, 5) is 17.9. The molecule has 1 unspecified atom stereocenters. The Morgan fingerprint density at radius 3 is 2.48 bits per heavy atom. The second kappa shape index (κ2) is 9.41. The van der Waals surface area contributed by atoms with E-state index in [4.69, 9.17) is 0 Å². The highest BCUT2D eigenvalue weighted by Gasteiger charge is 2.24. The van der Waals surface area contributed by atoms with Crippen LogP contribution in [-0.4, -0.2) is 70.5 Å². The van der Waals surface area contributed by atoms with Crippen molar-refractivity contribution in [2.24, 2.45) is 0 Å². The number of hydrogen-bond acceptors (Lipinski definition) is 5. The average molecular weight is 419 g/mol. The van der Waals surface area contributed by atoms with Crippen LogP contribution in [0.2, 0.25) is 0 Å². The van der Waals surface area contributed by atoms with E-state index in [9.17, 15) is 4.79 Å². The van der Waals surface area contributed by atoms with Crippen LogP contribution >= 0.6 is 0 Å². The number of nitrogens with one attached hydrogen (secondary N) is 1. The number of aryl methyl sites for hydroxylation is 1. The maximum Gasteiger partial charge on any atom is 0.274 e. The highest BCUT2D eigenvalue weighted by atomic mass is 16.2. The summed E-state index contributed by atoms with van der Waals surface area (Å²) in [5.74, 6) is -0.195. The lowest BCUT2D eigenvalue weighted by Gasteiger charge is -2.35. The van der Waals surface area contributed by atoms with Gasteiger partial charge in [-0.2, -0.15) is 0 Å². The van der Waals surface area contributed by atoms with E-state index in [-0.39, 0.29) is 11.9 Å². The third-order valence-electron chi connectivity index (χ3n) is 5.90. The largest absolute Gasteiger partial charge is 0.342 e. The monoisotopic (exact) mass is 418 g/mol. The van der Waals surface area contributed by atoms with Crippen molar-refractivity contribution >= 4 is 5.91 Å². The lowest BCUT2D eigenvalue weighted by atomic mass is 10.1. The first-order chi connectivity index (χ1) is 15.0. The Morgan fingerprint density at radius 1 is 1.03 bits per heavy atom. The van der Waals surface area contributed by atoms with Gasteiger partial charge in [-0.1, -0.05) is 47.7 Å². The molecule has 7 heteroatoms. The molecule has 7 nitrogen and oxygen atoms in total. The predicted molar refractivity (Wildman–Crippen MR) is 121 cm³/mol. The second-order valence-corrected chi connectivity index (χ2v) is 8.31. The van der Waals surface area contributed by atoms with Gasteiger partial charge in [-0.05, 0) is 44.2 Å². The van der Waals surface area contributed by atoms with Crippen LogP contribution in [0.5, 0.6) is 0 Å². The molecule has 1 aromatic heterocycles. The van der Waals surface area contributed by atoms with E-state index in [0.29, 0.717) is 5.69 Å². The van der Waals surface area contributed by atoms with Crippen LogP contribution in [0.25, 0.3) is 5.69 Å². The summed E-state index contributed by atoms with van der Waals surface area (Å²) in [5.41, 5.74) is 4.23. The standard InChI is InChI=1S/C24H30N6O/c1-18-8-7-11-21(16-18)30-19(2)23(26-27-30)24(31)25-22(20-9-5-4-6-10-20)17-29-14-12-28(3)13-15-29/h4-11,16,22H,12-15,17H2,1-3H3,(H,25,31). The lowest BCUT2D eigenvalue weighted by molar-refractivity contribution is 0.0901. The minimum Gasteiger partial charge on any atom is -0.342 e. The van der Waals surface area contributed by atoms with E-state index in [2.05, 4.69) is 44.6 Å². The van der Waals surface area contributed by atoms with Gasteiger partial charge in [0.15, 0.2) is 5.69 Å². The summed E-state index contributed by atoms with van der Waals surface area (Å²) < 4.78 is 1.72. The molecule has 1 aliphatic rings. The zero-order chi connectivity index (χ0) is 21.8. The van der Waals surface area contributed by atoms with Gasteiger partial charge in [-0.3, -0.25) is 9.69 Å². The predicted octanol–water partition coefficient (Wildman–Crippen LogP) is 2.60. The molecule has 1 aliphatic heterocycles. The van der Waals surface area contributed by atoms with E-state index in [1.165, 1.54) is 0 Å². The highest BCUT2D eigenvalue weighted by molar-refractivity contribution is 5.93. The van der Waals surface area contributed by atoms with Crippen LogP contribution in [0.15, 0.2) is 54.6 Å². The van der Waals surface area contributed by atoms with E-state index in [1.807, 2.05) is 56.3 Å². The Balaban J connectivity index is 1.54. The van der Waals surface area contributed by atoms with Crippen molar-refractivity contribution in [3.63, 3.8) is 0 Å². The number of hydrogen-bond donors (Lipinski definition) is 1. The number of rotatable bonds is 6. The molecule has 1 atom stereocenters. The van der Waals surface area contributed by atoms with Gasteiger partial charge >= 0.3 is 0 Å². The minimum atomic E-state index is -0.195. The van der Waals surface area contributed by atoms with Crippen LogP contribution in [0.1, 0.15) is 33.4 Å². The number of aromatic nitrogens is 3. The summed E-state index contributed by atoms with van der Waals surface area (Å²) in [7, 11) is 2.15. The molecule has 0 bridgehead atoms. The molecule has 0 spiro atoms. The minimum absolute atomic E-state index is 0.111. The fraction of sp³-hybridized carbons (Fsp3) is 0.375. The van der Waals surface area contributed by atoms with Gasteiger partial charge in [-0.25, -0.2) is 4.68 Å². The van der Waals surface area contributed by atoms with Crippen molar-refractivity contribution in [2.75, 3.05) is 39.8 Å². The topological polar surface area (TPSA) is 66.3 Å². The smallest absolute Gasteiger partial charge is 0.274 e. The first kappa shape index (κ1) is 21.2. The molecule has 162 valence electrons. The molecule has 2 heterocycles. The van der Waals surface area contributed by atoms with Gasteiger partial charge in [0.2, 0.25) is 0 Å². The Labute approximate surface area is 183 Å². The molecule has 3 aromatic rings. The quantitative estimate of drug-likeness (QED) is 0.667. The van der Waals surface area contributed by atoms with Crippen molar-refractivity contribution in [3.05, 3.63) is 77.1 Å². The molecule has 1 amide bonds. The molecule has 0 aliphatic carbocycles. The Hall–Kier alpha value is -3.03. The maximum atomic E-state index is 13.2. The molecular weight excluding hydrogens is 388 g/mol. The van der Waals surface area contributed by atoms with Gasteiger partial charge in [0, 0.05) is 32.7 Å². The SMILES string of the molecule is Cc1cccc(-n2nnc(C(=O)NC(CN3CCN(C)CC3)c3ccccc3)c2C)c1. The normalized spacial score (nSPS) is 16.2. The van der Waals surface area contributed by atoms with Crippen LogP contribution in [0.3, 0.4) is 0 Å². The summed E-state index contributed by atoms with van der Waals surface area (Å²) in [5, 5.41) is 11.7. The number of piperazine rings is 1. The van der Waals surface area contributed by atoms with Crippen molar-refractivity contribution in [1.82, 2.24) is 30.1 Å². The Morgan fingerprint density at radius 2 is 1.77 bits per heavy atom. The van der Waals surface area contributed by atoms with Crippen molar-refractivity contribution in [2.45, 2.75) is 19.9 Å². The zero-order valence-corrected chi connectivity index (χ0v) is 18.5. The molecular formula is C24H30N6O. The van der Waals surface area contributed by atoms with Crippen LogP contribution < -0.4 is 5.32 Å². The van der Waals surface area contributed by atoms with Crippen molar-refractivity contribution in [3.8, 4) is 5.69 Å². The molecule has 0 saturated carbocycles. The number of amides is 1. The first-order valence-corrected chi connectivity index (χ1v) is 10.8. The number of likely N-dealkylation sites (N-methyl/N-ethyl adjacent to an activating group) is 1. The molecule has 4 rings (SSSR count). The van der Waals surface area contributed by atoms with Crippen LogP contribution in [0, 0.1) is 13.8 Å². The van der Waals surface area contributed by atoms with Gasteiger partial charge in [0.05, 0.1) is 17.4 Å². The van der Waals surface area contributed by atoms with Gasteiger partial charge in [0.1, 0.15) is 0 Å². The number of carbonyl (C=O) groups is 1. The fourth-order valence-electron chi connectivity index (χ4n) is 3.98. The van der Waals surface area contributed by atoms with Gasteiger partial charge < -0.3 is 10.2 Å². The van der Waals surface area contributed by atoms with Gasteiger partial charge in [0.25, 0.3) is 5.91 Å². The fourth-order valence-corrected chi connectivity index (χ4v) is 3.98. The van der Waals surface area contributed by atoms with Crippen molar-refractivity contribution in [1.29, 1.82) is 0 Å². The number of carbonyl (C=O) groups excluding carboxylic acids is 1. The third kappa shape index (κ3) is 5.00. The summed E-state index contributed by atoms with van der Waals surface area (Å²) in [6.45, 7) is 8.77. The maximum absolute atomic E-state index is 13.2. The highest BCUT2D eigenvalue weighted by Crippen LogP contribution is 2.18. The summed E-state index contributed by atoms with van der Waals surface area (Å²) in [6.07, 6.45) is 0. The summed E-state index contributed by atoms with van der Waals surface area (Å²) in [6, 6.07) is 18.1. The van der Waals surface area contributed by atoms with E-state index in [1.54, 1.807) is 4.68 Å². The lowest BCUT2D eigenvalue weighted by Crippen LogP contribution is -2.47. The molecule has 1 fully saturated rings. The van der Waals surface area contributed by atoms with E-state index in [0.717, 1.165) is 55.2 Å². The van der Waals surface area contributed by atoms with Crippen molar-refractivity contribution < 1.29 is 4.79 Å². The molecule has 1 N–H and O–H groups in total. The van der Waals surface area contributed by atoms with Crippen LogP contribution in [0.4, 0.5) is 0 Å². The first-order valence-electron chi connectivity index (χ1n) is 10.8. The molecule has 1 saturated heterocycles. The second-order valence-electron chi connectivity index (χ2n) is 8.31. The Kier molecular flexibility index (Phi) is 6.44. The summed E-state index contributed by atoms with van der Waals surface area (Å²) >= 11 is 0. The zero-order valence-electron chi connectivity index (χ0n) is 18.5. The third-order valence-corrected chi connectivity index (χ3v) is 5.90. The average Bonchev–Trinajstić information content (AvgIpc) is 3.17. The van der Waals surface area contributed by atoms with E-state index >= 15 is 0 Å². The number of benzene rings is 2. The number of nitrogens with zero attached hydrogens (tertiary/aromatic N) is 5. The van der Waals surface area contributed by atoms with Crippen LogP contribution in [-0.2, 0) is 0 Å². The van der Waals surface area contributed by atoms with Gasteiger partial charge in [-0.15, -0.1) is 5.10 Å². The molecule has 2 aromatic carbocycles. The molecule has 0 radical (unpaired) electrons. The van der Waals surface area contributed by atoms with E-state index < -0.39 is 0 Å². The molecule has 31 heavy (non-hydrogen) atoms.